The van der Waals surface area contributed by atoms with Gasteiger partial charge < -0.3 is 15.4 Å². The maximum Gasteiger partial charge on any atom is 0.418 e. The van der Waals surface area contributed by atoms with Gasteiger partial charge in [0.05, 0.1) is 37.6 Å². The van der Waals surface area contributed by atoms with E-state index in [1.54, 1.807) is 0 Å². The Morgan fingerprint density at radius 1 is 1.21 bits per heavy atom. The van der Waals surface area contributed by atoms with E-state index >= 15 is 0 Å². The highest BCUT2D eigenvalue weighted by Crippen LogP contribution is 2.34. The molecular weight excluding hydrogens is 323 g/mol. The Morgan fingerprint density at radius 2 is 1.92 bits per heavy atom. The fraction of sp³-hybridized carbons (Fsp3) is 0.438. The monoisotopic (exact) mass is 341 g/mol. The number of halogens is 3. The summed E-state index contributed by atoms with van der Waals surface area (Å²) in [7, 11) is 0. The number of hydrogen-bond acceptors (Lipinski definition) is 3. The van der Waals surface area contributed by atoms with Crippen molar-refractivity contribution in [2.24, 2.45) is 0 Å². The Kier molecular flexibility index (Phi) is 6.46. The molecular formula is C16H18F3N3O2. The van der Waals surface area contributed by atoms with Gasteiger partial charge in [0.2, 0.25) is 0 Å². The first-order valence-corrected chi connectivity index (χ1v) is 7.44. The van der Waals surface area contributed by atoms with Crippen LogP contribution < -0.4 is 10.6 Å². The van der Waals surface area contributed by atoms with E-state index in [1.165, 1.54) is 18.2 Å². The molecule has 130 valence electrons. The normalized spacial score (nSPS) is 15.3. The second-order valence-corrected chi connectivity index (χ2v) is 5.09. The van der Waals surface area contributed by atoms with Gasteiger partial charge >= 0.3 is 12.2 Å². The van der Waals surface area contributed by atoms with E-state index in [-0.39, 0.29) is 12.2 Å². The fourth-order valence-corrected chi connectivity index (χ4v) is 2.12. The van der Waals surface area contributed by atoms with Crippen LogP contribution in [-0.4, -0.2) is 50.3 Å². The smallest absolute Gasteiger partial charge is 0.379 e. The Hall–Kier alpha value is -2.24. The van der Waals surface area contributed by atoms with Gasteiger partial charge in [0.1, 0.15) is 0 Å². The maximum atomic E-state index is 12.8. The van der Waals surface area contributed by atoms with Crippen LogP contribution >= 0.6 is 0 Å². The van der Waals surface area contributed by atoms with Crippen LogP contribution in [0.25, 0.3) is 0 Å². The molecule has 1 aliphatic rings. The van der Waals surface area contributed by atoms with Gasteiger partial charge in [-0.25, -0.2) is 4.79 Å². The molecule has 0 spiro atoms. The minimum Gasteiger partial charge on any atom is -0.379 e. The summed E-state index contributed by atoms with van der Waals surface area (Å²) >= 11 is 0. The largest absolute Gasteiger partial charge is 0.418 e. The molecule has 2 amide bonds. The molecule has 5 nitrogen and oxygen atoms in total. The van der Waals surface area contributed by atoms with Gasteiger partial charge in [-0.3, -0.25) is 4.90 Å². The third-order valence-corrected chi connectivity index (χ3v) is 3.35. The number of hydrogen-bond donors (Lipinski definition) is 2. The van der Waals surface area contributed by atoms with Crippen LogP contribution in [0.3, 0.4) is 0 Å². The number of morpholine rings is 1. The third-order valence-electron chi connectivity index (χ3n) is 3.35. The molecule has 0 aliphatic carbocycles. The number of carbonyl (C=O) groups is 1. The molecule has 2 rings (SSSR count). The van der Waals surface area contributed by atoms with Crippen LogP contribution in [0.1, 0.15) is 5.56 Å². The summed E-state index contributed by atoms with van der Waals surface area (Å²) in [5.41, 5.74) is -1.18. The summed E-state index contributed by atoms with van der Waals surface area (Å²) in [4.78, 5) is 13.8. The average Bonchev–Trinajstić information content (AvgIpc) is 2.55. The number of para-hydroxylation sites is 1. The van der Waals surface area contributed by atoms with Crippen molar-refractivity contribution in [3.05, 3.63) is 29.8 Å². The van der Waals surface area contributed by atoms with E-state index < -0.39 is 17.8 Å². The SMILES string of the molecule is O=C(NCC#CCN1CCOCC1)Nc1ccccc1C(F)(F)F. The highest BCUT2D eigenvalue weighted by Gasteiger charge is 2.33. The van der Waals surface area contributed by atoms with Crippen LogP contribution in [-0.2, 0) is 10.9 Å². The Morgan fingerprint density at radius 3 is 2.62 bits per heavy atom. The number of nitrogens with zero attached hydrogens (tertiary/aromatic N) is 1. The molecule has 1 aromatic carbocycles. The Balaban J connectivity index is 1.78. The van der Waals surface area contributed by atoms with Gasteiger partial charge in [-0.15, -0.1) is 0 Å². The maximum absolute atomic E-state index is 12.8. The van der Waals surface area contributed by atoms with Gasteiger partial charge in [0.25, 0.3) is 0 Å². The molecule has 1 saturated heterocycles. The molecule has 0 unspecified atom stereocenters. The number of carbonyl (C=O) groups excluding carboxylic acids is 1. The van der Waals surface area contributed by atoms with Gasteiger partial charge in [-0.05, 0) is 12.1 Å². The lowest BCUT2D eigenvalue weighted by molar-refractivity contribution is -0.136. The van der Waals surface area contributed by atoms with Crippen LogP contribution in [0.2, 0.25) is 0 Å². The number of rotatable bonds is 3. The minimum absolute atomic E-state index is 0.0599. The summed E-state index contributed by atoms with van der Waals surface area (Å²) < 4.78 is 43.7. The van der Waals surface area contributed by atoms with E-state index in [1.807, 2.05) is 0 Å². The van der Waals surface area contributed by atoms with Crippen molar-refractivity contribution in [2.45, 2.75) is 6.18 Å². The number of ether oxygens (including phenoxy) is 1. The number of alkyl halides is 3. The number of nitrogens with one attached hydrogen (secondary N) is 2. The van der Waals surface area contributed by atoms with E-state index in [9.17, 15) is 18.0 Å². The molecule has 1 aromatic rings. The molecule has 0 radical (unpaired) electrons. The first kappa shape index (κ1) is 18.1. The summed E-state index contributed by atoms with van der Waals surface area (Å²) in [5, 5.41) is 4.61. The highest BCUT2D eigenvalue weighted by atomic mass is 19.4. The fourth-order valence-electron chi connectivity index (χ4n) is 2.12. The van der Waals surface area contributed by atoms with E-state index in [2.05, 4.69) is 27.4 Å². The zero-order valence-corrected chi connectivity index (χ0v) is 12.9. The van der Waals surface area contributed by atoms with Crippen LogP contribution in [0.4, 0.5) is 23.7 Å². The summed E-state index contributed by atoms with van der Waals surface area (Å²) in [6, 6.07) is 4.08. The van der Waals surface area contributed by atoms with E-state index in [4.69, 9.17) is 4.74 Å². The van der Waals surface area contributed by atoms with Crippen LogP contribution in [0.5, 0.6) is 0 Å². The number of amides is 2. The number of anilines is 1. The molecule has 2 N–H and O–H groups in total. The number of urea groups is 1. The minimum atomic E-state index is -4.53. The van der Waals surface area contributed by atoms with Crippen LogP contribution in [0.15, 0.2) is 24.3 Å². The number of benzene rings is 1. The van der Waals surface area contributed by atoms with E-state index in [0.29, 0.717) is 19.8 Å². The molecule has 0 bridgehead atoms. The van der Waals surface area contributed by atoms with Gasteiger partial charge in [-0.2, -0.15) is 13.2 Å². The lowest BCUT2D eigenvalue weighted by Gasteiger charge is -2.24. The van der Waals surface area contributed by atoms with Crippen molar-refractivity contribution < 1.29 is 22.7 Å². The topological polar surface area (TPSA) is 53.6 Å². The van der Waals surface area contributed by atoms with Gasteiger partial charge in [0.15, 0.2) is 0 Å². The molecule has 0 saturated carbocycles. The van der Waals surface area contributed by atoms with E-state index in [0.717, 1.165) is 19.2 Å². The average molecular weight is 341 g/mol. The van der Waals surface area contributed by atoms with Crippen molar-refractivity contribution in [3.63, 3.8) is 0 Å². The van der Waals surface area contributed by atoms with Crippen molar-refractivity contribution in [1.29, 1.82) is 0 Å². The molecule has 1 heterocycles. The Bertz CT molecular complexity index is 617. The molecule has 1 aliphatic heterocycles. The van der Waals surface area contributed by atoms with Crippen molar-refractivity contribution >= 4 is 11.7 Å². The Labute approximate surface area is 138 Å². The lowest BCUT2D eigenvalue weighted by atomic mass is 10.1. The predicted octanol–water partition coefficient (Wildman–Crippen LogP) is 2.16. The first-order chi connectivity index (χ1) is 11.5. The van der Waals surface area contributed by atoms with Crippen molar-refractivity contribution in [1.82, 2.24) is 10.2 Å². The standard InChI is InChI=1S/C16H18F3N3O2/c17-16(18,19)13-5-1-2-6-14(13)21-15(23)20-7-3-4-8-22-9-11-24-12-10-22/h1-2,5-6H,7-12H2,(H2,20,21,23). The summed E-state index contributed by atoms with van der Waals surface area (Å²) in [5.74, 6) is 5.68. The molecule has 8 heteroatoms. The van der Waals surface area contributed by atoms with Gasteiger partial charge in [0, 0.05) is 13.1 Å². The molecule has 24 heavy (non-hydrogen) atoms. The molecule has 1 fully saturated rings. The lowest BCUT2D eigenvalue weighted by Crippen LogP contribution is -2.36. The highest BCUT2D eigenvalue weighted by molar-refractivity contribution is 5.90. The second-order valence-electron chi connectivity index (χ2n) is 5.09. The molecule has 0 atom stereocenters. The zero-order chi connectivity index (χ0) is 17.4. The summed E-state index contributed by atoms with van der Waals surface area (Å²) in [6.07, 6.45) is -4.53. The van der Waals surface area contributed by atoms with Crippen LogP contribution in [0, 0.1) is 11.8 Å². The quantitative estimate of drug-likeness (QED) is 0.829. The zero-order valence-electron chi connectivity index (χ0n) is 12.9. The summed E-state index contributed by atoms with van der Waals surface area (Å²) in [6.45, 7) is 3.63. The predicted molar refractivity (Wildman–Crippen MR) is 83.5 cm³/mol. The first-order valence-electron chi connectivity index (χ1n) is 7.44. The van der Waals surface area contributed by atoms with Crippen molar-refractivity contribution in [3.8, 4) is 11.8 Å². The third kappa shape index (κ3) is 5.76. The second kappa shape index (κ2) is 8.57. The van der Waals surface area contributed by atoms with Gasteiger partial charge in [-0.1, -0.05) is 24.0 Å². The van der Waals surface area contributed by atoms with Crippen molar-refractivity contribution in [2.75, 3.05) is 44.7 Å². The molecule has 0 aromatic heterocycles.